The molecule has 0 aliphatic carbocycles. The van der Waals surface area contributed by atoms with Crippen molar-refractivity contribution in [3.63, 3.8) is 0 Å². The summed E-state index contributed by atoms with van der Waals surface area (Å²) in [6, 6.07) is 2.07. The lowest BCUT2D eigenvalue weighted by atomic mass is 10.1. The predicted molar refractivity (Wildman–Crippen MR) is 79.2 cm³/mol. The van der Waals surface area contributed by atoms with Crippen LogP contribution in [0.4, 0.5) is 0 Å². The molecule has 17 heavy (non-hydrogen) atoms. The highest BCUT2D eigenvalue weighted by molar-refractivity contribution is 8.21. The Balaban J connectivity index is 2.51. The first kappa shape index (κ1) is 12.6. The number of rotatable bonds is 2. The molecule has 2 atom stereocenters. The topological polar surface area (TPSA) is 25.0 Å². The lowest BCUT2D eigenvalue weighted by Gasteiger charge is -2.26. The lowest BCUT2D eigenvalue weighted by Crippen LogP contribution is -1.99. The SMILES string of the molecule is C=C1/C(=C\C=C\C)c2[nH]c(C)cc2OP1PC. The van der Waals surface area contributed by atoms with Gasteiger partial charge in [0.1, 0.15) is 13.6 Å². The van der Waals surface area contributed by atoms with Crippen LogP contribution >= 0.6 is 16.1 Å². The van der Waals surface area contributed by atoms with Crippen LogP contribution in [0.2, 0.25) is 0 Å². The third kappa shape index (κ3) is 2.39. The zero-order valence-electron chi connectivity index (χ0n) is 10.4. The second-order valence-electron chi connectivity index (χ2n) is 3.85. The van der Waals surface area contributed by atoms with Crippen molar-refractivity contribution in [3.8, 4) is 5.75 Å². The molecule has 1 aliphatic heterocycles. The monoisotopic (exact) mass is 265 g/mol. The van der Waals surface area contributed by atoms with Gasteiger partial charge in [0, 0.05) is 22.6 Å². The smallest absolute Gasteiger partial charge is 0.150 e. The fraction of sp³-hybridized carbons (Fsp3) is 0.231. The standard InChI is InChI=1S/C13H17NOP2/c1-5-6-7-11-10(3)17(16-4)15-12-8-9(2)14-13(11)12/h5-8,14,16H,3H2,1-2,4H3/b6-5+,11-7+. The number of aromatic nitrogens is 1. The van der Waals surface area contributed by atoms with Gasteiger partial charge in [-0.05, 0) is 20.5 Å². The molecule has 0 aromatic carbocycles. The molecule has 90 valence electrons. The Bertz CT molecular complexity index is 500. The van der Waals surface area contributed by atoms with E-state index in [4.69, 9.17) is 4.52 Å². The Labute approximate surface area is 105 Å². The summed E-state index contributed by atoms with van der Waals surface area (Å²) in [6.07, 6.45) is 6.20. The molecule has 2 nitrogen and oxygen atoms in total. The van der Waals surface area contributed by atoms with Crippen molar-refractivity contribution in [1.82, 2.24) is 4.98 Å². The first-order chi connectivity index (χ1) is 8.17. The zero-order valence-corrected chi connectivity index (χ0v) is 12.3. The maximum atomic E-state index is 6.01. The molecule has 2 heterocycles. The van der Waals surface area contributed by atoms with Gasteiger partial charge in [-0.15, -0.1) is 0 Å². The van der Waals surface area contributed by atoms with Crippen LogP contribution in [0, 0.1) is 6.92 Å². The summed E-state index contributed by atoms with van der Waals surface area (Å²) < 4.78 is 6.01. The molecule has 0 bridgehead atoms. The van der Waals surface area contributed by atoms with Gasteiger partial charge in [0.25, 0.3) is 0 Å². The molecule has 1 aliphatic rings. The largest absolute Gasteiger partial charge is 0.463 e. The number of aryl methyl sites for hydroxylation is 1. The third-order valence-corrected chi connectivity index (χ3v) is 6.41. The molecule has 0 amide bonds. The molecule has 1 aromatic rings. The molecule has 1 aromatic heterocycles. The zero-order chi connectivity index (χ0) is 12.4. The van der Waals surface area contributed by atoms with Gasteiger partial charge in [-0.25, -0.2) is 0 Å². The second kappa shape index (κ2) is 5.21. The van der Waals surface area contributed by atoms with Gasteiger partial charge in [-0.1, -0.05) is 33.1 Å². The fourth-order valence-electron chi connectivity index (χ4n) is 1.80. The summed E-state index contributed by atoms with van der Waals surface area (Å²) in [7, 11) is 0.215. The van der Waals surface area contributed by atoms with E-state index in [1.54, 1.807) is 0 Å². The van der Waals surface area contributed by atoms with Crippen molar-refractivity contribution in [1.29, 1.82) is 0 Å². The van der Waals surface area contributed by atoms with Crippen molar-refractivity contribution < 1.29 is 4.52 Å². The number of fused-ring (bicyclic) bond motifs is 1. The normalized spacial score (nSPS) is 22.6. The maximum absolute atomic E-state index is 6.01. The van der Waals surface area contributed by atoms with E-state index >= 15 is 0 Å². The minimum atomic E-state index is -0.549. The van der Waals surface area contributed by atoms with Crippen LogP contribution in [0.3, 0.4) is 0 Å². The van der Waals surface area contributed by atoms with Gasteiger partial charge < -0.3 is 9.51 Å². The number of aromatic amines is 1. The van der Waals surface area contributed by atoms with Crippen LogP contribution in [0.25, 0.3) is 5.57 Å². The fourth-order valence-corrected chi connectivity index (χ4v) is 4.75. The van der Waals surface area contributed by atoms with Crippen molar-refractivity contribution in [2.24, 2.45) is 0 Å². The quantitative estimate of drug-likeness (QED) is 0.763. The summed E-state index contributed by atoms with van der Waals surface area (Å²) >= 11 is 0. The van der Waals surface area contributed by atoms with Crippen LogP contribution in [0.5, 0.6) is 5.75 Å². The first-order valence-corrected chi connectivity index (χ1v) is 9.15. The molecule has 1 N–H and O–H groups in total. The van der Waals surface area contributed by atoms with E-state index in [9.17, 15) is 0 Å². The number of allylic oxidation sites excluding steroid dienone is 5. The van der Waals surface area contributed by atoms with E-state index in [-0.39, 0.29) is 0 Å². The number of hydrogen-bond donors (Lipinski definition) is 1. The van der Waals surface area contributed by atoms with Crippen LogP contribution < -0.4 is 4.52 Å². The van der Waals surface area contributed by atoms with Crippen molar-refractivity contribution in [2.45, 2.75) is 13.8 Å². The molecule has 0 saturated carbocycles. The van der Waals surface area contributed by atoms with Gasteiger partial charge in [-0.2, -0.15) is 0 Å². The van der Waals surface area contributed by atoms with E-state index in [2.05, 4.69) is 36.4 Å². The number of hydrogen-bond acceptors (Lipinski definition) is 1. The van der Waals surface area contributed by atoms with Crippen LogP contribution in [-0.4, -0.2) is 11.6 Å². The molecule has 0 radical (unpaired) electrons. The van der Waals surface area contributed by atoms with Gasteiger partial charge >= 0.3 is 0 Å². The highest BCUT2D eigenvalue weighted by Gasteiger charge is 2.28. The second-order valence-corrected chi connectivity index (χ2v) is 8.17. The number of H-pyrrole nitrogens is 1. The summed E-state index contributed by atoms with van der Waals surface area (Å²) in [5.41, 5.74) is 3.39. The first-order valence-electron chi connectivity index (χ1n) is 5.55. The average molecular weight is 265 g/mol. The van der Waals surface area contributed by atoms with Gasteiger partial charge in [0.2, 0.25) is 0 Å². The Morgan fingerprint density at radius 2 is 2.29 bits per heavy atom. The molecular weight excluding hydrogens is 248 g/mol. The molecule has 0 fully saturated rings. The average Bonchev–Trinajstić information content (AvgIpc) is 2.67. The predicted octanol–water partition coefficient (Wildman–Crippen LogP) is 4.81. The highest BCUT2D eigenvalue weighted by atomic mass is 32.1. The van der Waals surface area contributed by atoms with Gasteiger partial charge in [-0.3, -0.25) is 0 Å². The minimum absolute atomic E-state index is 0.549. The molecule has 0 spiro atoms. The maximum Gasteiger partial charge on any atom is 0.150 e. The van der Waals surface area contributed by atoms with Crippen molar-refractivity contribution in [2.75, 3.05) is 6.66 Å². The van der Waals surface area contributed by atoms with Crippen molar-refractivity contribution in [3.05, 3.63) is 47.6 Å². The molecule has 2 unspecified atom stereocenters. The van der Waals surface area contributed by atoms with Crippen LogP contribution in [-0.2, 0) is 0 Å². The Kier molecular flexibility index (Phi) is 3.86. The summed E-state index contributed by atoms with van der Waals surface area (Å²) in [5.74, 6) is 0.978. The Morgan fingerprint density at radius 1 is 1.53 bits per heavy atom. The third-order valence-electron chi connectivity index (χ3n) is 2.59. The van der Waals surface area contributed by atoms with E-state index < -0.39 is 7.84 Å². The number of nitrogens with one attached hydrogen (secondary N) is 1. The van der Waals surface area contributed by atoms with E-state index in [0.717, 1.165) is 30.7 Å². The minimum Gasteiger partial charge on any atom is -0.463 e. The summed E-state index contributed by atoms with van der Waals surface area (Å²) in [6.45, 7) is 10.4. The lowest BCUT2D eigenvalue weighted by molar-refractivity contribution is 0.626. The van der Waals surface area contributed by atoms with E-state index in [1.165, 1.54) is 5.57 Å². The van der Waals surface area contributed by atoms with Gasteiger partial charge in [0.15, 0.2) is 0 Å². The van der Waals surface area contributed by atoms with Gasteiger partial charge in [0.05, 0.1) is 5.69 Å². The highest BCUT2D eigenvalue weighted by Crippen LogP contribution is 2.66. The molecular formula is C13H17NOP2. The van der Waals surface area contributed by atoms with E-state index in [1.807, 2.05) is 19.9 Å². The summed E-state index contributed by atoms with van der Waals surface area (Å²) in [5, 5.41) is 1.13. The molecule has 2 rings (SSSR count). The molecule has 4 heteroatoms. The molecule has 0 saturated heterocycles. The van der Waals surface area contributed by atoms with Crippen LogP contribution in [0.1, 0.15) is 18.3 Å². The Hall–Kier alpha value is -0.840. The van der Waals surface area contributed by atoms with E-state index in [0.29, 0.717) is 0 Å². The Morgan fingerprint density at radius 3 is 2.94 bits per heavy atom. The van der Waals surface area contributed by atoms with Crippen LogP contribution in [0.15, 0.2) is 36.2 Å². The summed E-state index contributed by atoms with van der Waals surface area (Å²) in [4.78, 5) is 3.36. The van der Waals surface area contributed by atoms with Crippen molar-refractivity contribution >= 4 is 21.7 Å².